The van der Waals surface area contributed by atoms with Crippen LogP contribution in [0.3, 0.4) is 0 Å². The molecule has 0 N–H and O–H groups in total. The molecule has 4 bridgehead atoms. The van der Waals surface area contributed by atoms with Gasteiger partial charge in [0.05, 0.1) is 5.57 Å². The third kappa shape index (κ3) is 1.39. The fourth-order valence-electron chi connectivity index (χ4n) is 2.28. The van der Waals surface area contributed by atoms with Gasteiger partial charge in [0.2, 0.25) is 0 Å². The fraction of sp³-hybridized carbons (Fsp3) is 0.143. The quantitative estimate of drug-likeness (QED) is 0.422. The van der Waals surface area contributed by atoms with Crippen LogP contribution >= 0.6 is 0 Å². The van der Waals surface area contributed by atoms with Gasteiger partial charge in [-0.05, 0) is 23.6 Å². The molecule has 0 spiro atoms. The molecule has 3 aliphatic rings. The molecule has 0 amide bonds. The van der Waals surface area contributed by atoms with Crippen LogP contribution in [0.5, 0.6) is 0 Å². The second kappa shape index (κ2) is 3.57. The average molecular weight is 242 g/mol. The van der Waals surface area contributed by atoms with Crippen LogP contribution < -0.4 is 0 Å². The van der Waals surface area contributed by atoms with Crippen molar-refractivity contribution in [3.05, 3.63) is 58.2 Å². The molecule has 0 atom stereocenters. The van der Waals surface area contributed by atoms with Crippen molar-refractivity contribution in [2.45, 2.75) is 13.3 Å². The molecule has 0 aromatic rings. The van der Waals surface area contributed by atoms with Crippen molar-refractivity contribution in [2.75, 3.05) is 0 Å². The van der Waals surface area contributed by atoms with Crippen molar-refractivity contribution in [1.29, 1.82) is 0 Å². The van der Waals surface area contributed by atoms with Gasteiger partial charge in [0.15, 0.2) is 0 Å². The minimum atomic E-state index is -0.738. The van der Waals surface area contributed by atoms with Crippen molar-refractivity contribution in [3.63, 3.8) is 0 Å². The summed E-state index contributed by atoms with van der Waals surface area (Å²) in [5, 5.41) is 0. The van der Waals surface area contributed by atoms with Crippen molar-refractivity contribution >= 4 is 11.9 Å². The fourth-order valence-corrected chi connectivity index (χ4v) is 2.28. The molecule has 4 nitrogen and oxygen atoms in total. The van der Waals surface area contributed by atoms with Gasteiger partial charge < -0.3 is 0 Å². The number of hydrogen-bond acceptors (Lipinski definition) is 4. The highest BCUT2D eigenvalue weighted by Crippen LogP contribution is 2.48. The van der Waals surface area contributed by atoms with Crippen LogP contribution in [0.2, 0.25) is 0 Å². The Kier molecular flexibility index (Phi) is 2.13. The zero-order chi connectivity index (χ0) is 12.9. The molecule has 0 unspecified atom stereocenters. The Labute approximate surface area is 103 Å². The van der Waals surface area contributed by atoms with Crippen molar-refractivity contribution < 1.29 is 19.4 Å². The van der Waals surface area contributed by atoms with E-state index in [4.69, 9.17) is 0 Å². The first-order chi connectivity index (χ1) is 8.58. The molecule has 0 radical (unpaired) electrons. The highest BCUT2D eigenvalue weighted by Gasteiger charge is 2.36. The van der Waals surface area contributed by atoms with Crippen molar-refractivity contribution in [3.8, 4) is 0 Å². The first-order valence-corrected chi connectivity index (χ1v) is 5.53. The Balaban J connectivity index is 1.72. The molecular formula is C14H10O4. The van der Waals surface area contributed by atoms with E-state index in [0.717, 1.165) is 22.3 Å². The summed E-state index contributed by atoms with van der Waals surface area (Å²) < 4.78 is 0. The summed E-state index contributed by atoms with van der Waals surface area (Å²) in [7, 11) is 0. The van der Waals surface area contributed by atoms with Gasteiger partial charge in [-0.2, -0.15) is 0 Å². The van der Waals surface area contributed by atoms with Crippen LogP contribution in [0.15, 0.2) is 58.2 Å². The first kappa shape index (κ1) is 10.8. The summed E-state index contributed by atoms with van der Waals surface area (Å²) in [5.74, 6) is -1.35. The normalized spacial score (nSPS) is 18.4. The molecule has 0 saturated heterocycles. The van der Waals surface area contributed by atoms with Gasteiger partial charge in [0, 0.05) is 17.6 Å². The van der Waals surface area contributed by atoms with E-state index in [1.54, 1.807) is 0 Å². The summed E-state index contributed by atoms with van der Waals surface area (Å²) >= 11 is 0. The minimum Gasteiger partial charge on any atom is -0.242 e. The van der Waals surface area contributed by atoms with Crippen LogP contribution in [-0.4, -0.2) is 11.9 Å². The third-order valence-corrected chi connectivity index (χ3v) is 3.12. The van der Waals surface area contributed by atoms with Crippen LogP contribution in [0, 0.1) is 0 Å². The zero-order valence-electron chi connectivity index (χ0n) is 9.78. The third-order valence-electron chi connectivity index (χ3n) is 3.12. The Bertz CT molecular complexity index is 626. The van der Waals surface area contributed by atoms with Gasteiger partial charge >= 0.3 is 11.9 Å². The first-order valence-electron chi connectivity index (χ1n) is 5.53. The number of carbonyl (C=O) groups excluding carboxylic acids is 2. The Morgan fingerprint density at radius 2 is 2.06 bits per heavy atom. The Morgan fingerprint density at radius 3 is 2.67 bits per heavy atom. The minimum absolute atomic E-state index is 0.182. The Hall–Kier alpha value is -2.36. The molecule has 3 aliphatic carbocycles. The molecule has 0 aliphatic heterocycles. The molecule has 0 fully saturated rings. The van der Waals surface area contributed by atoms with E-state index in [1.165, 1.54) is 6.92 Å². The van der Waals surface area contributed by atoms with E-state index in [0.29, 0.717) is 12.0 Å². The topological polar surface area (TPSA) is 52.6 Å². The lowest BCUT2D eigenvalue weighted by Gasteiger charge is -2.09. The van der Waals surface area contributed by atoms with E-state index in [9.17, 15) is 9.59 Å². The van der Waals surface area contributed by atoms with Crippen LogP contribution in [0.25, 0.3) is 0 Å². The summed E-state index contributed by atoms with van der Waals surface area (Å²) in [6, 6.07) is 0. The number of hydrogen-bond donors (Lipinski definition) is 0. The van der Waals surface area contributed by atoms with Crippen LogP contribution in [0.1, 0.15) is 13.3 Å². The standard InChI is InChI=1S/C14H10O4/c1-7(2)13(15)17-18-14(16)11-6-9-5-8-3-4-10(9)12(8)11/h3-5H,1,6H2,2H3. The van der Waals surface area contributed by atoms with Gasteiger partial charge in [-0.3, -0.25) is 0 Å². The predicted molar refractivity (Wildman–Crippen MR) is 62.9 cm³/mol. The molecule has 90 valence electrons. The van der Waals surface area contributed by atoms with Gasteiger partial charge in [-0.25, -0.2) is 19.4 Å². The largest absolute Gasteiger partial charge is 0.383 e. The molecule has 0 aromatic heterocycles. The molecule has 0 aromatic carbocycles. The predicted octanol–water partition coefficient (Wildman–Crippen LogP) is 2.07. The molecule has 0 heterocycles. The maximum atomic E-state index is 11.8. The van der Waals surface area contributed by atoms with E-state index in [1.807, 2.05) is 12.2 Å². The summed E-state index contributed by atoms with van der Waals surface area (Å²) in [6.07, 6.45) is 6.55. The SMILES string of the molecule is C=C(C)C(=O)OOC(=O)C1=C2C3=CC(=C2C=C3)C1. The van der Waals surface area contributed by atoms with E-state index < -0.39 is 11.9 Å². The van der Waals surface area contributed by atoms with Crippen molar-refractivity contribution in [2.24, 2.45) is 0 Å². The van der Waals surface area contributed by atoms with Gasteiger partial charge in [-0.1, -0.05) is 24.8 Å². The molecule has 4 heteroatoms. The smallest absolute Gasteiger partial charge is 0.242 e. The van der Waals surface area contributed by atoms with Crippen molar-refractivity contribution in [1.82, 2.24) is 0 Å². The summed E-state index contributed by atoms with van der Waals surface area (Å²) in [5.41, 5.74) is 4.90. The monoisotopic (exact) mass is 242 g/mol. The Morgan fingerprint density at radius 1 is 1.28 bits per heavy atom. The molecule has 18 heavy (non-hydrogen) atoms. The van der Waals surface area contributed by atoms with Crippen LogP contribution in [0.4, 0.5) is 0 Å². The number of rotatable bonds is 2. The highest BCUT2D eigenvalue weighted by atomic mass is 17.2. The molecular weight excluding hydrogens is 232 g/mol. The number of carbonyl (C=O) groups is 2. The van der Waals surface area contributed by atoms with E-state index >= 15 is 0 Å². The maximum absolute atomic E-state index is 11.8. The second-order valence-corrected chi connectivity index (χ2v) is 4.42. The average Bonchev–Trinajstić information content (AvgIpc) is 3.01. The second-order valence-electron chi connectivity index (χ2n) is 4.42. The summed E-state index contributed by atoms with van der Waals surface area (Å²) in [4.78, 5) is 31.9. The zero-order valence-corrected chi connectivity index (χ0v) is 9.78. The van der Waals surface area contributed by atoms with E-state index in [2.05, 4.69) is 22.4 Å². The maximum Gasteiger partial charge on any atom is 0.383 e. The van der Waals surface area contributed by atoms with Crippen LogP contribution in [-0.2, 0) is 19.4 Å². The highest BCUT2D eigenvalue weighted by molar-refractivity contribution is 5.98. The van der Waals surface area contributed by atoms with Gasteiger partial charge in [-0.15, -0.1) is 0 Å². The lowest BCUT2D eigenvalue weighted by Crippen LogP contribution is -2.14. The lowest BCUT2D eigenvalue weighted by atomic mass is 10.00. The molecule has 3 rings (SSSR count). The van der Waals surface area contributed by atoms with Gasteiger partial charge in [0.25, 0.3) is 0 Å². The summed E-state index contributed by atoms with van der Waals surface area (Å²) in [6.45, 7) is 4.88. The van der Waals surface area contributed by atoms with Gasteiger partial charge in [0.1, 0.15) is 0 Å². The number of allylic oxidation sites excluding steroid dienone is 7. The molecule has 0 saturated carbocycles. The van der Waals surface area contributed by atoms with E-state index in [-0.39, 0.29) is 5.57 Å². The lowest BCUT2D eigenvalue weighted by molar-refractivity contribution is -0.252.